The molecule has 0 fully saturated rings. The lowest BCUT2D eigenvalue weighted by Gasteiger charge is -2.20. The zero-order valence-corrected chi connectivity index (χ0v) is 19.2. The largest absolute Gasteiger partial charge is 0.497 e. The lowest BCUT2D eigenvalue weighted by Crippen LogP contribution is -2.23. The van der Waals surface area contributed by atoms with Crippen LogP contribution in [0.25, 0.3) is 5.95 Å². The van der Waals surface area contributed by atoms with Crippen LogP contribution >= 0.6 is 11.8 Å². The average molecular weight is 440 g/mol. The van der Waals surface area contributed by atoms with Crippen LogP contribution in [0.5, 0.6) is 11.5 Å². The van der Waals surface area contributed by atoms with Crippen LogP contribution in [-0.2, 0) is 4.79 Å². The molecule has 0 saturated carbocycles. The molecule has 1 aromatic carbocycles. The van der Waals surface area contributed by atoms with Crippen LogP contribution in [0.2, 0.25) is 0 Å². The Morgan fingerprint density at radius 2 is 1.77 bits per heavy atom. The first-order valence-corrected chi connectivity index (χ1v) is 10.9. The molecule has 1 aliphatic rings. The lowest BCUT2D eigenvalue weighted by molar-refractivity contribution is -0.115. The number of aryl methyl sites for hydroxylation is 3. The highest BCUT2D eigenvalue weighted by molar-refractivity contribution is 8.01. The highest BCUT2D eigenvalue weighted by atomic mass is 32.2. The van der Waals surface area contributed by atoms with Crippen molar-refractivity contribution in [3.63, 3.8) is 0 Å². The van der Waals surface area contributed by atoms with Crippen molar-refractivity contribution in [2.24, 2.45) is 0 Å². The quantitative estimate of drug-likeness (QED) is 0.662. The number of hydrogen-bond acceptors (Lipinski definition) is 7. The zero-order valence-electron chi connectivity index (χ0n) is 18.4. The molecule has 0 radical (unpaired) electrons. The molecule has 1 N–H and O–H groups in total. The summed E-state index contributed by atoms with van der Waals surface area (Å²) in [6.07, 6.45) is 0. The summed E-state index contributed by atoms with van der Waals surface area (Å²) in [6, 6.07) is 7.59. The van der Waals surface area contributed by atoms with E-state index in [1.807, 2.05) is 52.0 Å². The van der Waals surface area contributed by atoms with Gasteiger partial charge in [0.25, 0.3) is 5.95 Å². The summed E-state index contributed by atoms with van der Waals surface area (Å²) in [5, 5.41) is 7.27. The van der Waals surface area contributed by atoms with Crippen LogP contribution in [0.4, 0.5) is 5.82 Å². The number of carbonyl (C=O) groups excluding carboxylic acids is 1. The van der Waals surface area contributed by atoms with Crippen molar-refractivity contribution in [2.75, 3.05) is 19.5 Å². The van der Waals surface area contributed by atoms with E-state index in [9.17, 15) is 4.79 Å². The smallest absolute Gasteiger partial charge is 0.252 e. The third-order valence-corrected chi connectivity index (χ3v) is 6.58. The first-order valence-electron chi connectivity index (χ1n) is 9.92. The van der Waals surface area contributed by atoms with Crippen LogP contribution in [0.3, 0.4) is 0 Å². The third kappa shape index (κ3) is 3.85. The minimum Gasteiger partial charge on any atom is -0.497 e. The number of methoxy groups -OCH3 is 2. The monoisotopic (exact) mass is 439 g/mol. The number of anilines is 1. The Morgan fingerprint density at radius 3 is 2.42 bits per heavy atom. The summed E-state index contributed by atoms with van der Waals surface area (Å²) >= 11 is 1.55. The second-order valence-electron chi connectivity index (χ2n) is 7.47. The van der Waals surface area contributed by atoms with Crippen LogP contribution in [0.15, 0.2) is 24.3 Å². The van der Waals surface area contributed by atoms with Gasteiger partial charge in [-0.15, -0.1) is 11.8 Å². The van der Waals surface area contributed by atoms with Gasteiger partial charge in [0.15, 0.2) is 0 Å². The van der Waals surface area contributed by atoms with Crippen molar-refractivity contribution < 1.29 is 14.3 Å². The van der Waals surface area contributed by atoms with Crippen molar-refractivity contribution in [3.05, 3.63) is 52.5 Å². The second-order valence-corrected chi connectivity index (χ2v) is 8.92. The fraction of sp³-hybridized carbons (Fsp3) is 0.364. The van der Waals surface area contributed by atoms with Crippen molar-refractivity contribution in [1.82, 2.24) is 19.7 Å². The topological polar surface area (TPSA) is 91.2 Å². The van der Waals surface area contributed by atoms with E-state index < -0.39 is 0 Å². The summed E-state index contributed by atoms with van der Waals surface area (Å²) in [4.78, 5) is 22.0. The first kappa shape index (κ1) is 21.2. The molecule has 4 rings (SSSR count). The van der Waals surface area contributed by atoms with Crippen molar-refractivity contribution in [2.45, 2.75) is 38.2 Å². The summed E-state index contributed by atoms with van der Waals surface area (Å²) < 4.78 is 12.7. The summed E-state index contributed by atoms with van der Waals surface area (Å²) in [5.41, 5.74) is 4.27. The van der Waals surface area contributed by atoms with Crippen molar-refractivity contribution in [3.8, 4) is 17.4 Å². The number of nitrogens with zero attached hydrogens (tertiary/aromatic N) is 4. The van der Waals surface area contributed by atoms with Gasteiger partial charge < -0.3 is 14.8 Å². The van der Waals surface area contributed by atoms with Gasteiger partial charge in [-0.25, -0.2) is 9.97 Å². The second kappa shape index (κ2) is 8.22. The minimum atomic E-state index is -0.290. The molecule has 0 bridgehead atoms. The van der Waals surface area contributed by atoms with Gasteiger partial charge in [-0.3, -0.25) is 4.79 Å². The maximum Gasteiger partial charge on any atom is 0.252 e. The number of benzene rings is 1. The van der Waals surface area contributed by atoms with E-state index in [4.69, 9.17) is 14.6 Å². The standard InChI is InChI=1S/C22H25N5O3S/c1-11-9-12(2)24-22(23-11)27-20-18(13(3)26-27)19(31-14(4)21(28)25-20)16-10-15(29-5)7-8-17(16)30-6/h7-10,14,19H,1-6H3,(H,25,28). The average Bonchev–Trinajstić information content (AvgIpc) is 2.99. The van der Waals surface area contributed by atoms with E-state index in [1.54, 1.807) is 30.7 Å². The molecule has 3 heterocycles. The molecule has 162 valence electrons. The number of ether oxygens (including phenoxy) is 2. The van der Waals surface area contributed by atoms with E-state index >= 15 is 0 Å². The fourth-order valence-corrected chi connectivity index (χ4v) is 5.09. The van der Waals surface area contributed by atoms with E-state index in [2.05, 4.69) is 15.3 Å². The Kier molecular flexibility index (Phi) is 5.62. The van der Waals surface area contributed by atoms with Gasteiger partial charge in [-0.05, 0) is 52.0 Å². The van der Waals surface area contributed by atoms with E-state index in [0.29, 0.717) is 11.8 Å². The van der Waals surface area contributed by atoms with E-state index in [0.717, 1.165) is 39.7 Å². The molecule has 9 heteroatoms. The Morgan fingerprint density at radius 1 is 1.06 bits per heavy atom. The summed E-state index contributed by atoms with van der Waals surface area (Å²) in [7, 11) is 3.27. The van der Waals surface area contributed by atoms with Gasteiger partial charge in [0.2, 0.25) is 5.91 Å². The number of thioether (sulfide) groups is 1. The molecular formula is C22H25N5O3S. The molecule has 1 aliphatic heterocycles. The molecule has 2 aromatic heterocycles. The van der Waals surface area contributed by atoms with Crippen LogP contribution in [-0.4, -0.2) is 45.1 Å². The first-order chi connectivity index (χ1) is 14.8. The molecule has 3 aromatic rings. The molecule has 2 atom stereocenters. The third-order valence-electron chi connectivity index (χ3n) is 5.20. The molecule has 0 saturated heterocycles. The van der Waals surface area contributed by atoms with E-state index in [1.165, 1.54) is 0 Å². The Hall–Kier alpha value is -3.07. The predicted molar refractivity (Wildman–Crippen MR) is 120 cm³/mol. The van der Waals surface area contributed by atoms with Gasteiger partial charge >= 0.3 is 0 Å². The number of rotatable bonds is 4. The summed E-state index contributed by atoms with van der Waals surface area (Å²) in [5.74, 6) is 2.36. The molecular weight excluding hydrogens is 414 g/mol. The molecule has 8 nitrogen and oxygen atoms in total. The van der Waals surface area contributed by atoms with Gasteiger partial charge in [0, 0.05) is 22.5 Å². The normalized spacial score (nSPS) is 18.2. The van der Waals surface area contributed by atoms with Gasteiger partial charge in [0.1, 0.15) is 17.3 Å². The molecule has 0 aliphatic carbocycles. The number of fused-ring (bicyclic) bond motifs is 1. The Bertz CT molecular complexity index is 1140. The van der Waals surface area contributed by atoms with E-state index in [-0.39, 0.29) is 16.4 Å². The Balaban J connectivity index is 1.96. The number of carbonyl (C=O) groups is 1. The van der Waals surface area contributed by atoms with Crippen LogP contribution < -0.4 is 14.8 Å². The lowest BCUT2D eigenvalue weighted by atomic mass is 10.0. The maximum atomic E-state index is 12.9. The zero-order chi connectivity index (χ0) is 22.3. The fourth-order valence-electron chi connectivity index (χ4n) is 3.75. The van der Waals surface area contributed by atoms with Gasteiger partial charge in [-0.2, -0.15) is 9.78 Å². The molecule has 2 unspecified atom stereocenters. The molecule has 1 amide bonds. The van der Waals surface area contributed by atoms with Crippen molar-refractivity contribution in [1.29, 1.82) is 0 Å². The summed E-state index contributed by atoms with van der Waals surface area (Å²) in [6.45, 7) is 7.65. The van der Waals surface area contributed by atoms with Gasteiger partial charge in [0.05, 0.1) is 30.4 Å². The molecule has 0 spiro atoms. The highest BCUT2D eigenvalue weighted by Crippen LogP contribution is 2.49. The van der Waals surface area contributed by atoms with Crippen molar-refractivity contribution >= 4 is 23.5 Å². The number of amides is 1. The maximum absolute atomic E-state index is 12.9. The predicted octanol–water partition coefficient (Wildman–Crippen LogP) is 3.77. The molecule has 31 heavy (non-hydrogen) atoms. The number of nitrogens with one attached hydrogen (secondary N) is 1. The minimum absolute atomic E-state index is 0.0962. The highest BCUT2D eigenvalue weighted by Gasteiger charge is 2.36. The van der Waals surface area contributed by atoms with Gasteiger partial charge in [-0.1, -0.05) is 0 Å². The number of hydrogen-bond donors (Lipinski definition) is 1. The Labute approximate surface area is 185 Å². The van der Waals surface area contributed by atoms with Crippen LogP contribution in [0, 0.1) is 20.8 Å². The SMILES string of the molecule is COc1ccc(OC)c(C2SC(C)C(=O)Nc3c2c(C)nn3-c2nc(C)cc(C)n2)c1. The number of aromatic nitrogens is 4. The van der Waals surface area contributed by atoms with Crippen LogP contribution in [0.1, 0.15) is 40.4 Å².